The Morgan fingerprint density at radius 2 is 2.05 bits per heavy atom. The molecular weight excluding hydrogens is 234 g/mol. The minimum atomic E-state index is 0.885. The fourth-order valence-electron chi connectivity index (χ4n) is 1.99. The van der Waals surface area contributed by atoms with Crippen LogP contribution in [0.4, 0.5) is 5.69 Å². The number of benzene rings is 1. The number of likely N-dealkylation sites (N-methyl/N-ethyl adjacent to an activating group) is 1. The van der Waals surface area contributed by atoms with E-state index in [1.807, 2.05) is 18.3 Å². The van der Waals surface area contributed by atoms with Crippen molar-refractivity contribution in [2.45, 2.75) is 13.5 Å². The summed E-state index contributed by atoms with van der Waals surface area (Å²) in [4.78, 5) is 6.60. The number of hydrogen-bond acceptors (Lipinski definition) is 3. The van der Waals surface area contributed by atoms with Crippen LogP contribution in [-0.4, -0.2) is 30.0 Å². The van der Waals surface area contributed by atoms with E-state index in [0.717, 1.165) is 25.3 Å². The number of nitrogens with one attached hydrogen (secondary N) is 1. The van der Waals surface area contributed by atoms with Crippen LogP contribution in [0.2, 0.25) is 0 Å². The number of nitrogens with zero attached hydrogens (tertiary/aromatic N) is 2. The topological polar surface area (TPSA) is 28.2 Å². The van der Waals surface area contributed by atoms with Crippen LogP contribution < -0.4 is 5.32 Å². The Hall–Kier alpha value is -1.87. The van der Waals surface area contributed by atoms with Crippen LogP contribution in [0.25, 0.3) is 0 Å². The van der Waals surface area contributed by atoms with Crippen molar-refractivity contribution >= 4 is 5.69 Å². The predicted molar refractivity (Wildman–Crippen MR) is 80.2 cm³/mol. The number of aryl methyl sites for hydroxylation is 1. The van der Waals surface area contributed by atoms with E-state index in [-0.39, 0.29) is 0 Å². The quantitative estimate of drug-likeness (QED) is 0.860. The molecule has 0 aliphatic rings. The second-order valence-electron chi connectivity index (χ2n) is 4.86. The van der Waals surface area contributed by atoms with Gasteiger partial charge in [-0.3, -0.25) is 9.88 Å². The summed E-state index contributed by atoms with van der Waals surface area (Å²) in [6.45, 7) is 4.92. The first kappa shape index (κ1) is 13.6. The second kappa shape index (κ2) is 6.90. The summed E-state index contributed by atoms with van der Waals surface area (Å²) in [7, 11) is 2.12. The average molecular weight is 255 g/mol. The molecule has 0 fully saturated rings. The molecule has 0 saturated heterocycles. The Labute approximate surface area is 115 Å². The minimum absolute atomic E-state index is 0.885. The number of pyridine rings is 1. The molecule has 0 unspecified atom stereocenters. The molecule has 0 atom stereocenters. The van der Waals surface area contributed by atoms with Crippen molar-refractivity contribution in [2.75, 3.05) is 25.5 Å². The molecule has 100 valence electrons. The molecule has 0 amide bonds. The molecule has 0 aliphatic heterocycles. The third-order valence-electron chi connectivity index (χ3n) is 3.00. The highest BCUT2D eigenvalue weighted by Crippen LogP contribution is 2.09. The van der Waals surface area contributed by atoms with Gasteiger partial charge < -0.3 is 5.32 Å². The van der Waals surface area contributed by atoms with Gasteiger partial charge in [0, 0.05) is 31.5 Å². The van der Waals surface area contributed by atoms with Gasteiger partial charge in [-0.05, 0) is 43.8 Å². The zero-order chi connectivity index (χ0) is 13.5. The first-order valence-corrected chi connectivity index (χ1v) is 6.63. The van der Waals surface area contributed by atoms with E-state index in [1.54, 1.807) is 0 Å². The maximum Gasteiger partial charge on any atom is 0.0543 e. The van der Waals surface area contributed by atoms with Gasteiger partial charge in [0.15, 0.2) is 0 Å². The minimum Gasteiger partial charge on any atom is -0.384 e. The van der Waals surface area contributed by atoms with Gasteiger partial charge in [0.25, 0.3) is 0 Å². The molecule has 2 aromatic rings. The molecule has 19 heavy (non-hydrogen) atoms. The van der Waals surface area contributed by atoms with Crippen LogP contribution in [0.5, 0.6) is 0 Å². The van der Waals surface area contributed by atoms with Crippen LogP contribution in [0, 0.1) is 6.92 Å². The highest BCUT2D eigenvalue weighted by molar-refractivity contribution is 5.45. The van der Waals surface area contributed by atoms with Crippen molar-refractivity contribution in [3.05, 3.63) is 59.9 Å². The summed E-state index contributed by atoms with van der Waals surface area (Å²) < 4.78 is 0. The van der Waals surface area contributed by atoms with Gasteiger partial charge in [-0.15, -0.1) is 0 Å². The van der Waals surface area contributed by atoms with E-state index in [4.69, 9.17) is 0 Å². The molecule has 0 bridgehead atoms. The highest BCUT2D eigenvalue weighted by Gasteiger charge is 2.00. The number of hydrogen-bond donors (Lipinski definition) is 1. The van der Waals surface area contributed by atoms with E-state index < -0.39 is 0 Å². The Morgan fingerprint density at radius 3 is 2.79 bits per heavy atom. The summed E-state index contributed by atoms with van der Waals surface area (Å²) >= 11 is 0. The Kier molecular flexibility index (Phi) is 4.93. The lowest BCUT2D eigenvalue weighted by Gasteiger charge is -2.17. The van der Waals surface area contributed by atoms with Crippen molar-refractivity contribution in [1.29, 1.82) is 0 Å². The fraction of sp³-hybridized carbons (Fsp3) is 0.312. The van der Waals surface area contributed by atoms with E-state index >= 15 is 0 Å². The standard InChI is InChI=1S/C16H21N3/c1-14-6-5-8-15(12-14)18-10-11-19(2)13-16-7-3-4-9-17-16/h3-9,12,18H,10-11,13H2,1-2H3. The van der Waals surface area contributed by atoms with E-state index in [1.165, 1.54) is 11.3 Å². The lowest BCUT2D eigenvalue weighted by Crippen LogP contribution is -2.25. The zero-order valence-electron chi connectivity index (χ0n) is 11.6. The SMILES string of the molecule is Cc1cccc(NCCN(C)Cc2ccccn2)c1. The normalized spacial score (nSPS) is 10.7. The smallest absolute Gasteiger partial charge is 0.0543 e. The summed E-state index contributed by atoms with van der Waals surface area (Å²) in [6.07, 6.45) is 1.84. The molecule has 3 nitrogen and oxygen atoms in total. The highest BCUT2D eigenvalue weighted by atomic mass is 15.1. The van der Waals surface area contributed by atoms with Crippen LogP contribution in [0.3, 0.4) is 0 Å². The van der Waals surface area contributed by atoms with Crippen molar-refractivity contribution < 1.29 is 0 Å². The maximum atomic E-state index is 4.33. The molecule has 1 heterocycles. The average Bonchev–Trinajstić information content (AvgIpc) is 2.40. The molecule has 0 spiro atoms. The van der Waals surface area contributed by atoms with E-state index in [2.05, 4.69) is 59.5 Å². The van der Waals surface area contributed by atoms with E-state index in [0.29, 0.717) is 0 Å². The molecule has 1 aromatic carbocycles. The summed E-state index contributed by atoms with van der Waals surface area (Å²) in [5.74, 6) is 0. The molecule has 2 rings (SSSR count). The monoisotopic (exact) mass is 255 g/mol. The largest absolute Gasteiger partial charge is 0.384 e. The zero-order valence-corrected chi connectivity index (χ0v) is 11.6. The van der Waals surface area contributed by atoms with Gasteiger partial charge in [0.1, 0.15) is 0 Å². The number of aromatic nitrogens is 1. The van der Waals surface area contributed by atoms with Crippen molar-refractivity contribution in [2.24, 2.45) is 0 Å². The molecule has 0 aliphatic carbocycles. The molecule has 0 saturated carbocycles. The molecule has 1 aromatic heterocycles. The number of anilines is 1. The summed E-state index contributed by atoms with van der Waals surface area (Å²) in [5, 5.41) is 3.44. The molecule has 1 N–H and O–H groups in total. The Balaban J connectivity index is 1.73. The fourth-order valence-corrected chi connectivity index (χ4v) is 1.99. The van der Waals surface area contributed by atoms with Gasteiger partial charge in [-0.2, -0.15) is 0 Å². The van der Waals surface area contributed by atoms with Gasteiger partial charge in [-0.25, -0.2) is 0 Å². The van der Waals surface area contributed by atoms with E-state index in [9.17, 15) is 0 Å². The Bertz CT molecular complexity index is 496. The van der Waals surface area contributed by atoms with Crippen LogP contribution in [0.15, 0.2) is 48.7 Å². The third-order valence-corrected chi connectivity index (χ3v) is 3.00. The number of rotatable bonds is 6. The van der Waals surface area contributed by atoms with Crippen LogP contribution in [0.1, 0.15) is 11.3 Å². The maximum absolute atomic E-state index is 4.33. The third kappa shape index (κ3) is 4.72. The second-order valence-corrected chi connectivity index (χ2v) is 4.86. The molecule has 0 radical (unpaired) electrons. The van der Waals surface area contributed by atoms with Gasteiger partial charge >= 0.3 is 0 Å². The van der Waals surface area contributed by atoms with Crippen molar-refractivity contribution in [1.82, 2.24) is 9.88 Å². The van der Waals surface area contributed by atoms with Crippen LogP contribution in [-0.2, 0) is 6.54 Å². The molecule has 3 heteroatoms. The van der Waals surface area contributed by atoms with Gasteiger partial charge in [0.05, 0.1) is 5.69 Å². The Morgan fingerprint density at radius 1 is 1.16 bits per heavy atom. The van der Waals surface area contributed by atoms with Gasteiger partial charge in [0.2, 0.25) is 0 Å². The first-order chi connectivity index (χ1) is 9.24. The lowest BCUT2D eigenvalue weighted by molar-refractivity contribution is 0.336. The van der Waals surface area contributed by atoms with Crippen molar-refractivity contribution in [3.63, 3.8) is 0 Å². The van der Waals surface area contributed by atoms with Crippen molar-refractivity contribution in [3.8, 4) is 0 Å². The van der Waals surface area contributed by atoms with Gasteiger partial charge in [-0.1, -0.05) is 18.2 Å². The summed E-state index contributed by atoms with van der Waals surface area (Å²) in [5.41, 5.74) is 3.58. The van der Waals surface area contributed by atoms with Crippen LogP contribution >= 0.6 is 0 Å². The first-order valence-electron chi connectivity index (χ1n) is 6.63. The lowest BCUT2D eigenvalue weighted by atomic mass is 10.2. The predicted octanol–water partition coefficient (Wildman–Crippen LogP) is 2.93. The summed E-state index contributed by atoms with van der Waals surface area (Å²) in [6, 6.07) is 14.5. The molecular formula is C16H21N3.